The first kappa shape index (κ1) is 127. The molecule has 0 bridgehead atoms. The molecule has 0 fully saturated rings. The summed E-state index contributed by atoms with van der Waals surface area (Å²) in [5.41, 5.74) is 0. The maximum Gasteiger partial charge on any atom is 4.00 e. The Kier molecular flexibility index (Phi) is 1740. The third-order valence-corrected chi connectivity index (χ3v) is 0. The molecule has 0 saturated heterocycles. The summed E-state index contributed by atoms with van der Waals surface area (Å²) in [4.78, 5) is 0. The van der Waals surface area contributed by atoms with Crippen LogP contribution in [0.3, 0.4) is 0 Å². The van der Waals surface area contributed by atoms with E-state index in [-0.39, 0.29) is 55.5 Å². The average molecular weight is 123 g/mol. The summed E-state index contributed by atoms with van der Waals surface area (Å²) in [7, 11) is 0. The molecule has 0 radical (unpaired) electrons. The van der Waals surface area contributed by atoms with E-state index in [2.05, 4.69) is 0 Å². The second kappa shape index (κ2) is 68.8. The van der Waals surface area contributed by atoms with Crippen LogP contribution in [0.4, 0.5) is 0 Å². The maximum absolute atomic E-state index is 0. The van der Waals surface area contributed by atoms with Gasteiger partial charge >= 0.3 is 39.1 Å². The standard InChI is InChI=1S/Al.3O.Ti/q+3;3*-2;+4. The summed E-state index contributed by atoms with van der Waals surface area (Å²) in [6.07, 6.45) is 0. The first-order chi connectivity index (χ1) is 0. The summed E-state index contributed by atoms with van der Waals surface area (Å²) in [6, 6.07) is 0. The van der Waals surface area contributed by atoms with Gasteiger partial charge < -0.3 is 16.4 Å². The predicted octanol–water partition coefficient (Wildman–Crippen LogP) is -0.740. The summed E-state index contributed by atoms with van der Waals surface area (Å²) >= 11 is 0. The normalized spacial score (nSPS) is 0. The molecule has 0 aliphatic carbocycles. The fourth-order valence-electron chi connectivity index (χ4n) is 0. The molecule has 0 spiro atoms. The fraction of sp³-hybridized carbons (Fsp3) is 0. The first-order valence-corrected chi connectivity index (χ1v) is 0. The molecule has 0 aliphatic heterocycles. The molecule has 0 atom stereocenters. The second-order valence-electron chi connectivity index (χ2n) is 0. The van der Waals surface area contributed by atoms with Crippen LogP contribution in [-0.4, -0.2) is 17.4 Å². The van der Waals surface area contributed by atoms with Crippen LogP contribution in [0.15, 0.2) is 0 Å². The third kappa shape index (κ3) is 39.5. The molecular formula is AlO3Ti+. The van der Waals surface area contributed by atoms with Crippen molar-refractivity contribution in [1.29, 1.82) is 0 Å². The van der Waals surface area contributed by atoms with E-state index in [9.17, 15) is 0 Å². The SMILES string of the molecule is [Al+3].[O-2].[O-2].[O-2].[Ti+4]. The van der Waals surface area contributed by atoms with Crippen LogP contribution in [0.1, 0.15) is 0 Å². The summed E-state index contributed by atoms with van der Waals surface area (Å²) in [5.74, 6) is 0. The topological polar surface area (TPSA) is 85.5 Å². The summed E-state index contributed by atoms with van der Waals surface area (Å²) in [6.45, 7) is 0. The minimum absolute atomic E-state index is 0. The smallest absolute Gasteiger partial charge is 2.00 e. The zero-order chi connectivity index (χ0) is 0. The summed E-state index contributed by atoms with van der Waals surface area (Å²) < 4.78 is 0. The molecule has 0 aliphatic rings. The maximum atomic E-state index is 0. The van der Waals surface area contributed by atoms with Gasteiger partial charge in [-0.1, -0.05) is 0 Å². The van der Waals surface area contributed by atoms with Crippen LogP contribution in [0.25, 0.3) is 0 Å². The van der Waals surface area contributed by atoms with E-state index in [4.69, 9.17) is 0 Å². The van der Waals surface area contributed by atoms with E-state index < -0.39 is 0 Å². The zero-order valence-corrected chi connectivity index (χ0v) is 5.02. The van der Waals surface area contributed by atoms with Crippen molar-refractivity contribution in [3.63, 3.8) is 0 Å². The van der Waals surface area contributed by atoms with E-state index in [0.29, 0.717) is 0 Å². The van der Waals surface area contributed by atoms with Crippen LogP contribution in [0.2, 0.25) is 0 Å². The molecule has 0 amide bonds. The Morgan fingerprint density at radius 3 is 0.600 bits per heavy atom. The van der Waals surface area contributed by atoms with Gasteiger partial charge in [0.05, 0.1) is 0 Å². The Bertz CT molecular complexity index is 6.85. The molecule has 0 N–H and O–H groups in total. The van der Waals surface area contributed by atoms with Crippen molar-refractivity contribution >= 4 is 17.4 Å². The van der Waals surface area contributed by atoms with Crippen LogP contribution in [0.5, 0.6) is 0 Å². The van der Waals surface area contributed by atoms with Crippen LogP contribution < -0.4 is 0 Å². The van der Waals surface area contributed by atoms with Gasteiger partial charge in [0.1, 0.15) is 0 Å². The molecule has 24 valence electrons. The van der Waals surface area contributed by atoms with Gasteiger partial charge in [-0.05, 0) is 0 Å². The molecule has 3 nitrogen and oxygen atoms in total. The van der Waals surface area contributed by atoms with Gasteiger partial charge in [0.2, 0.25) is 0 Å². The number of rotatable bonds is 0. The van der Waals surface area contributed by atoms with Crippen LogP contribution in [0, 0.1) is 0 Å². The molecule has 0 rings (SSSR count). The first-order valence-electron chi connectivity index (χ1n) is 0. The van der Waals surface area contributed by atoms with Gasteiger partial charge in [0.15, 0.2) is 0 Å². The van der Waals surface area contributed by atoms with Gasteiger partial charge in [0, 0.05) is 0 Å². The minimum Gasteiger partial charge on any atom is -2.00 e. The van der Waals surface area contributed by atoms with E-state index in [1.54, 1.807) is 0 Å². The van der Waals surface area contributed by atoms with Gasteiger partial charge in [-0.3, -0.25) is 0 Å². The Morgan fingerprint density at radius 1 is 0.600 bits per heavy atom. The van der Waals surface area contributed by atoms with E-state index >= 15 is 0 Å². The number of hydrogen-bond donors (Lipinski definition) is 0. The molecule has 0 aromatic carbocycles. The van der Waals surface area contributed by atoms with Crippen molar-refractivity contribution in [2.24, 2.45) is 0 Å². The molecule has 0 aromatic rings. The van der Waals surface area contributed by atoms with Gasteiger partial charge in [-0.25, -0.2) is 0 Å². The molecule has 0 heterocycles. The Morgan fingerprint density at radius 2 is 0.600 bits per heavy atom. The zero-order valence-electron chi connectivity index (χ0n) is 2.30. The Labute approximate surface area is 55.7 Å². The molecular weight excluding hydrogens is 123 g/mol. The largest absolute Gasteiger partial charge is 4.00 e. The molecule has 5 heteroatoms. The molecule has 5 heavy (non-hydrogen) atoms. The Hall–Kier alpha value is 1.13. The van der Waals surface area contributed by atoms with Crippen molar-refractivity contribution in [3.8, 4) is 0 Å². The van der Waals surface area contributed by atoms with E-state index in [1.807, 2.05) is 0 Å². The van der Waals surface area contributed by atoms with E-state index in [0.717, 1.165) is 0 Å². The van der Waals surface area contributed by atoms with Crippen molar-refractivity contribution in [2.45, 2.75) is 0 Å². The quantitative estimate of drug-likeness (QED) is 0.380. The average Bonchev–Trinajstić information content (AvgIpc) is 0. The molecule has 0 unspecified atom stereocenters. The fourth-order valence-corrected chi connectivity index (χ4v) is 0. The molecule has 0 saturated carbocycles. The van der Waals surface area contributed by atoms with Crippen LogP contribution >= 0.6 is 0 Å². The Balaban J connectivity index is 0. The van der Waals surface area contributed by atoms with Crippen molar-refractivity contribution in [2.75, 3.05) is 0 Å². The minimum atomic E-state index is 0. The van der Waals surface area contributed by atoms with Gasteiger partial charge in [-0.2, -0.15) is 0 Å². The number of hydrogen-bond acceptors (Lipinski definition) is 0. The van der Waals surface area contributed by atoms with Crippen LogP contribution in [-0.2, 0) is 38.1 Å². The van der Waals surface area contributed by atoms with Crippen molar-refractivity contribution in [3.05, 3.63) is 0 Å². The van der Waals surface area contributed by atoms with Gasteiger partial charge in [-0.15, -0.1) is 0 Å². The molecule has 0 aromatic heterocycles. The van der Waals surface area contributed by atoms with E-state index in [1.165, 1.54) is 0 Å². The van der Waals surface area contributed by atoms with Crippen molar-refractivity contribution in [1.82, 2.24) is 0 Å². The monoisotopic (exact) mass is 123 g/mol. The predicted molar refractivity (Wildman–Crippen MR) is 7.81 cm³/mol. The van der Waals surface area contributed by atoms with Crippen molar-refractivity contribution < 1.29 is 38.1 Å². The summed E-state index contributed by atoms with van der Waals surface area (Å²) in [5, 5.41) is 0. The second-order valence-corrected chi connectivity index (χ2v) is 0. The third-order valence-electron chi connectivity index (χ3n) is 0. The van der Waals surface area contributed by atoms with Gasteiger partial charge in [0.25, 0.3) is 0 Å².